The van der Waals surface area contributed by atoms with Gasteiger partial charge in [0.15, 0.2) is 5.82 Å². The normalized spacial score (nSPS) is 15.9. The largest absolute Gasteiger partial charge is 0.461 e. The Balaban J connectivity index is 0.00000133. The van der Waals surface area contributed by atoms with Gasteiger partial charge < -0.3 is 19.3 Å². The summed E-state index contributed by atoms with van der Waals surface area (Å²) < 4.78 is 28.7. The molecule has 1 unspecified atom stereocenters. The van der Waals surface area contributed by atoms with E-state index < -0.39 is 5.82 Å². The Hall–Kier alpha value is -4.41. The number of morpholine rings is 1. The lowest BCUT2D eigenvalue weighted by molar-refractivity contribution is -0.126. The number of anilines is 1. The highest BCUT2D eigenvalue weighted by Crippen LogP contribution is 2.37. The molecular formula is C43H58ClFN8O3. The second kappa shape index (κ2) is 21.8. The molecular weight excluding hydrogens is 731 g/mol. The van der Waals surface area contributed by atoms with Gasteiger partial charge in [0.25, 0.3) is 0 Å². The fraction of sp³-hybridized carbons (Fsp3) is 0.512. The van der Waals surface area contributed by atoms with Gasteiger partial charge in [-0.2, -0.15) is 15.2 Å². The van der Waals surface area contributed by atoms with Crippen molar-refractivity contribution in [1.82, 2.24) is 29.7 Å². The summed E-state index contributed by atoms with van der Waals surface area (Å²) in [5, 5.41) is 9.95. The third-order valence-electron chi connectivity index (χ3n) is 10.5. The molecule has 2 aromatic carbocycles. The molecule has 2 aliphatic heterocycles. The summed E-state index contributed by atoms with van der Waals surface area (Å²) in [7, 11) is 2.11. The van der Waals surface area contributed by atoms with Crippen molar-refractivity contribution in [3.63, 3.8) is 0 Å². The molecule has 13 heteroatoms. The minimum Gasteiger partial charge on any atom is -0.461 e. The van der Waals surface area contributed by atoms with Gasteiger partial charge in [0, 0.05) is 81.0 Å². The predicted molar refractivity (Wildman–Crippen MR) is 225 cm³/mol. The number of fused-ring (bicyclic) bond motifs is 2. The van der Waals surface area contributed by atoms with E-state index in [0.717, 1.165) is 69.4 Å². The van der Waals surface area contributed by atoms with Crippen molar-refractivity contribution in [2.45, 2.75) is 66.3 Å². The number of carbonyl (C=O) groups excluding carboxylic acids is 1. The van der Waals surface area contributed by atoms with Crippen LogP contribution in [0, 0.1) is 17.1 Å². The van der Waals surface area contributed by atoms with E-state index in [2.05, 4.69) is 47.5 Å². The minimum absolute atomic E-state index is 0.0162. The van der Waals surface area contributed by atoms with Gasteiger partial charge in [0.1, 0.15) is 23.6 Å². The van der Waals surface area contributed by atoms with Crippen molar-refractivity contribution in [1.29, 1.82) is 5.26 Å². The van der Waals surface area contributed by atoms with Crippen molar-refractivity contribution in [2.75, 3.05) is 84.1 Å². The maximum Gasteiger partial charge on any atom is 0.319 e. The summed E-state index contributed by atoms with van der Waals surface area (Å²) in [5.41, 5.74) is 0.669. The molecule has 0 aliphatic carbocycles. The molecule has 2 saturated heterocycles. The zero-order valence-corrected chi connectivity index (χ0v) is 34.9. The van der Waals surface area contributed by atoms with E-state index in [1.54, 1.807) is 24.4 Å². The number of benzene rings is 2. The van der Waals surface area contributed by atoms with Gasteiger partial charge in [-0.15, -0.1) is 0 Å². The molecule has 2 aliphatic rings. The highest BCUT2D eigenvalue weighted by Gasteiger charge is 2.33. The molecule has 4 aromatic rings. The van der Waals surface area contributed by atoms with Crippen LogP contribution in [0.4, 0.5) is 10.2 Å². The number of likely N-dealkylation sites (N-methyl/N-ethyl adjacent to an activating group) is 1. The van der Waals surface area contributed by atoms with Gasteiger partial charge in [-0.25, -0.2) is 4.39 Å². The van der Waals surface area contributed by atoms with Crippen molar-refractivity contribution >= 4 is 45.0 Å². The number of halogens is 2. The lowest BCUT2D eigenvalue weighted by Crippen LogP contribution is -2.50. The zero-order chi connectivity index (χ0) is 40.7. The number of hydrogen-bond donors (Lipinski definition) is 0. The van der Waals surface area contributed by atoms with Crippen molar-refractivity contribution in [2.24, 2.45) is 0 Å². The highest BCUT2D eigenvalue weighted by molar-refractivity contribution is 6.36. The van der Waals surface area contributed by atoms with Gasteiger partial charge in [0.2, 0.25) is 5.91 Å². The van der Waals surface area contributed by atoms with E-state index in [4.69, 9.17) is 36.3 Å². The zero-order valence-electron chi connectivity index (χ0n) is 34.2. The molecule has 0 saturated carbocycles. The van der Waals surface area contributed by atoms with Crippen molar-refractivity contribution < 1.29 is 18.7 Å². The SMILES string of the molecule is CC.CC#N.CCCC(CC)(COc1nc(N2CCN(C(=O)/C=C/CN3CCOCC3)CC2)c2cnc(-c3cccc4cccc(Cl)c34)c(F)c2n1)N(C)CC. The Bertz CT molecular complexity index is 1950. The van der Waals surface area contributed by atoms with Gasteiger partial charge in [-0.1, -0.05) is 89.0 Å². The number of amides is 1. The first-order valence-electron chi connectivity index (χ1n) is 19.9. The molecule has 1 amide bonds. The number of nitriles is 1. The smallest absolute Gasteiger partial charge is 0.319 e. The molecule has 56 heavy (non-hydrogen) atoms. The van der Waals surface area contributed by atoms with Crippen LogP contribution < -0.4 is 9.64 Å². The van der Waals surface area contributed by atoms with Crippen LogP contribution in [0.5, 0.6) is 6.01 Å². The average Bonchev–Trinajstić information content (AvgIpc) is 3.23. The summed E-state index contributed by atoms with van der Waals surface area (Å²) in [6.07, 6.45) is 8.06. The van der Waals surface area contributed by atoms with Gasteiger partial charge >= 0.3 is 6.01 Å². The molecule has 0 spiro atoms. The fourth-order valence-electron chi connectivity index (χ4n) is 7.26. The van der Waals surface area contributed by atoms with E-state index in [-0.39, 0.29) is 28.7 Å². The Morgan fingerprint density at radius 3 is 2.39 bits per heavy atom. The number of ether oxygens (including phenoxy) is 2. The van der Waals surface area contributed by atoms with E-state index in [9.17, 15) is 4.79 Å². The van der Waals surface area contributed by atoms with Crippen LogP contribution in [0.2, 0.25) is 5.02 Å². The van der Waals surface area contributed by atoms with Gasteiger partial charge in [-0.3, -0.25) is 19.6 Å². The topological polar surface area (TPSA) is 111 Å². The predicted octanol–water partition coefficient (Wildman–Crippen LogP) is 8.01. The second-order valence-corrected chi connectivity index (χ2v) is 14.0. The maximum absolute atomic E-state index is 16.9. The van der Waals surface area contributed by atoms with Crippen LogP contribution in [0.15, 0.2) is 54.7 Å². The molecule has 11 nitrogen and oxygen atoms in total. The first-order valence-corrected chi connectivity index (χ1v) is 20.3. The number of hydrogen-bond acceptors (Lipinski definition) is 10. The van der Waals surface area contributed by atoms with E-state index in [1.807, 2.05) is 55.2 Å². The Morgan fingerprint density at radius 1 is 1.07 bits per heavy atom. The van der Waals surface area contributed by atoms with Crippen LogP contribution in [-0.2, 0) is 9.53 Å². The maximum atomic E-state index is 16.9. The molecule has 4 heterocycles. The van der Waals surface area contributed by atoms with Crippen LogP contribution in [-0.4, -0.2) is 120 Å². The number of rotatable bonds is 13. The molecule has 1 atom stereocenters. The lowest BCUT2D eigenvalue weighted by Gasteiger charge is -2.40. The molecule has 0 bridgehead atoms. The monoisotopic (exact) mass is 788 g/mol. The van der Waals surface area contributed by atoms with Gasteiger partial charge in [-0.05, 0) is 37.9 Å². The van der Waals surface area contributed by atoms with E-state index in [1.165, 1.54) is 6.92 Å². The number of carbonyl (C=O) groups is 1. The number of piperazine rings is 1. The van der Waals surface area contributed by atoms with E-state index in [0.29, 0.717) is 54.6 Å². The molecule has 0 N–H and O–H groups in total. The highest BCUT2D eigenvalue weighted by atomic mass is 35.5. The van der Waals surface area contributed by atoms with E-state index >= 15 is 4.39 Å². The first kappa shape index (κ1) is 44.3. The second-order valence-electron chi connectivity index (χ2n) is 13.6. The van der Waals surface area contributed by atoms with Crippen molar-refractivity contribution in [3.8, 4) is 23.3 Å². The first-order chi connectivity index (χ1) is 27.2. The van der Waals surface area contributed by atoms with Crippen molar-refractivity contribution in [3.05, 3.63) is 65.6 Å². The summed E-state index contributed by atoms with van der Waals surface area (Å²) >= 11 is 6.65. The fourth-order valence-corrected chi connectivity index (χ4v) is 7.54. The number of aromatic nitrogens is 3. The van der Waals surface area contributed by atoms with Crippen LogP contribution in [0.3, 0.4) is 0 Å². The number of nitrogens with zero attached hydrogens (tertiary/aromatic N) is 8. The minimum atomic E-state index is -0.561. The van der Waals surface area contributed by atoms with Crippen LogP contribution >= 0.6 is 11.6 Å². The quantitative estimate of drug-likeness (QED) is 0.124. The molecule has 2 aromatic heterocycles. The standard InChI is InChI=1S/C39H49ClFN7O3.C2H3N.C2H6/c1-5-16-39(6-2,45(4)7-3)27-51-38-43-36-30(26-42-35(34(36)41)29-13-8-11-28-12-9-14-31(40)33(28)29)37(44-38)48-20-18-47(19-21-48)32(49)15-10-17-46-22-24-50-25-23-46;1-2-3;1-2/h8-15,26H,5-7,16-25,27H2,1-4H3;1H3;1-2H3/b15-10+;;. The Morgan fingerprint density at radius 2 is 1.75 bits per heavy atom. The van der Waals surface area contributed by atoms with Crippen LogP contribution in [0.25, 0.3) is 32.9 Å². The third-order valence-corrected chi connectivity index (χ3v) is 10.8. The molecule has 6 rings (SSSR count). The summed E-state index contributed by atoms with van der Waals surface area (Å²) in [6, 6.07) is 13.1. The third kappa shape index (κ3) is 10.5. The summed E-state index contributed by atoms with van der Waals surface area (Å²) in [4.78, 5) is 35.8. The van der Waals surface area contributed by atoms with Crippen LogP contribution in [0.1, 0.15) is 60.8 Å². The summed E-state index contributed by atoms with van der Waals surface area (Å²) in [6.45, 7) is 19.1. The Kier molecular flexibility index (Phi) is 17.2. The molecule has 0 radical (unpaired) electrons. The average molecular weight is 789 g/mol. The Labute approximate surface area is 337 Å². The molecule has 302 valence electrons. The van der Waals surface area contributed by atoms with Gasteiger partial charge in [0.05, 0.1) is 30.2 Å². The summed E-state index contributed by atoms with van der Waals surface area (Å²) in [5.74, 6) is -0.0358. The molecule has 2 fully saturated rings. The number of pyridine rings is 1. The lowest BCUT2D eigenvalue weighted by atomic mass is 9.90.